The molecule has 5 nitrogen and oxygen atoms in total. The fourth-order valence-corrected chi connectivity index (χ4v) is 3.11. The van der Waals surface area contributed by atoms with E-state index in [1.54, 1.807) is 18.1 Å². The van der Waals surface area contributed by atoms with Gasteiger partial charge in [-0.1, -0.05) is 6.07 Å². The number of methoxy groups -OCH3 is 1. The second-order valence-corrected chi connectivity index (χ2v) is 6.00. The van der Waals surface area contributed by atoms with Crippen molar-refractivity contribution in [3.63, 3.8) is 0 Å². The Labute approximate surface area is 132 Å². The molecular formula is C16H16N2O3S. The number of anilines is 1. The lowest BCUT2D eigenvalue weighted by molar-refractivity contribution is -0.117. The second kappa shape index (κ2) is 6.19. The summed E-state index contributed by atoms with van der Waals surface area (Å²) in [4.78, 5) is 26.6. The summed E-state index contributed by atoms with van der Waals surface area (Å²) in [6.45, 7) is 0.488. The zero-order chi connectivity index (χ0) is 15.5. The van der Waals surface area contributed by atoms with Crippen LogP contribution in [-0.4, -0.2) is 31.5 Å². The number of hydrogen-bond acceptors (Lipinski definition) is 4. The Hall–Kier alpha value is -2.34. The Morgan fingerprint density at radius 3 is 2.73 bits per heavy atom. The first kappa shape index (κ1) is 14.6. The molecule has 1 fully saturated rings. The summed E-state index contributed by atoms with van der Waals surface area (Å²) >= 11 is 1.39. The van der Waals surface area contributed by atoms with Gasteiger partial charge in [0.25, 0.3) is 5.91 Å². The first-order chi connectivity index (χ1) is 10.7. The lowest BCUT2D eigenvalue weighted by atomic mass is 10.2. The van der Waals surface area contributed by atoms with Gasteiger partial charge in [0.2, 0.25) is 5.91 Å². The number of amides is 2. The highest BCUT2D eigenvalue weighted by atomic mass is 32.1. The van der Waals surface area contributed by atoms with Crippen LogP contribution in [0.15, 0.2) is 41.8 Å². The average molecular weight is 316 g/mol. The number of thiophene rings is 1. The molecule has 1 aliphatic rings. The van der Waals surface area contributed by atoms with Gasteiger partial charge in [-0.05, 0) is 35.7 Å². The fourth-order valence-electron chi connectivity index (χ4n) is 2.48. The van der Waals surface area contributed by atoms with Gasteiger partial charge >= 0.3 is 0 Å². The molecule has 6 heteroatoms. The van der Waals surface area contributed by atoms with E-state index >= 15 is 0 Å². The molecule has 1 atom stereocenters. The number of carbonyl (C=O) groups excluding carboxylic acids is 2. The Morgan fingerprint density at radius 1 is 1.32 bits per heavy atom. The molecule has 0 saturated carbocycles. The van der Waals surface area contributed by atoms with Gasteiger partial charge in [-0.25, -0.2) is 0 Å². The summed E-state index contributed by atoms with van der Waals surface area (Å²) in [7, 11) is 1.60. The maximum atomic E-state index is 12.2. The molecule has 0 aliphatic carbocycles. The van der Waals surface area contributed by atoms with Gasteiger partial charge in [-0.3, -0.25) is 9.59 Å². The van der Waals surface area contributed by atoms with E-state index in [-0.39, 0.29) is 17.9 Å². The van der Waals surface area contributed by atoms with Gasteiger partial charge in [0.15, 0.2) is 0 Å². The van der Waals surface area contributed by atoms with E-state index < -0.39 is 0 Å². The average Bonchev–Trinajstić information content (AvgIpc) is 3.17. The summed E-state index contributed by atoms with van der Waals surface area (Å²) < 4.78 is 5.11. The van der Waals surface area contributed by atoms with E-state index in [0.29, 0.717) is 17.8 Å². The maximum Gasteiger partial charge on any atom is 0.261 e. The number of nitrogens with one attached hydrogen (secondary N) is 1. The minimum atomic E-state index is -0.163. The van der Waals surface area contributed by atoms with Crippen LogP contribution >= 0.6 is 11.3 Å². The molecule has 0 bridgehead atoms. The number of carbonyl (C=O) groups is 2. The van der Waals surface area contributed by atoms with Crippen molar-refractivity contribution in [3.8, 4) is 5.75 Å². The normalized spacial score (nSPS) is 17.6. The monoisotopic (exact) mass is 316 g/mol. The van der Waals surface area contributed by atoms with Crippen LogP contribution in [0.25, 0.3) is 0 Å². The summed E-state index contributed by atoms with van der Waals surface area (Å²) in [5, 5.41) is 4.78. The molecule has 2 heterocycles. The number of hydrogen-bond donors (Lipinski definition) is 1. The van der Waals surface area contributed by atoms with E-state index in [0.717, 1.165) is 11.4 Å². The zero-order valence-corrected chi connectivity index (χ0v) is 12.9. The predicted molar refractivity (Wildman–Crippen MR) is 85.5 cm³/mol. The first-order valence-electron chi connectivity index (χ1n) is 6.96. The molecule has 1 saturated heterocycles. The molecule has 0 unspecified atom stereocenters. The third-order valence-corrected chi connectivity index (χ3v) is 4.46. The van der Waals surface area contributed by atoms with Crippen molar-refractivity contribution in [1.29, 1.82) is 0 Å². The van der Waals surface area contributed by atoms with Gasteiger partial charge in [0, 0.05) is 18.7 Å². The van der Waals surface area contributed by atoms with Gasteiger partial charge < -0.3 is 15.0 Å². The van der Waals surface area contributed by atoms with Crippen LogP contribution in [0.2, 0.25) is 0 Å². The standard InChI is InChI=1S/C16H16N2O3S/c1-21-13-6-4-12(5-7-13)18-10-11(9-15(18)19)17-16(20)14-3-2-8-22-14/h2-8,11H,9-10H2,1H3,(H,17,20)/t11-/m1/s1. The molecule has 1 aromatic heterocycles. The zero-order valence-electron chi connectivity index (χ0n) is 12.1. The van der Waals surface area contributed by atoms with E-state index in [9.17, 15) is 9.59 Å². The summed E-state index contributed by atoms with van der Waals surface area (Å²) in [5.74, 6) is 0.643. The number of benzene rings is 1. The highest BCUT2D eigenvalue weighted by Crippen LogP contribution is 2.24. The quantitative estimate of drug-likeness (QED) is 0.941. The van der Waals surface area contributed by atoms with Crippen LogP contribution in [-0.2, 0) is 4.79 Å². The number of nitrogens with zero attached hydrogens (tertiary/aromatic N) is 1. The molecule has 1 N–H and O–H groups in total. The van der Waals surface area contributed by atoms with Crippen molar-refractivity contribution >= 4 is 28.8 Å². The molecule has 0 radical (unpaired) electrons. The van der Waals surface area contributed by atoms with Crippen LogP contribution in [0.5, 0.6) is 5.75 Å². The van der Waals surface area contributed by atoms with E-state index in [2.05, 4.69) is 5.32 Å². The first-order valence-corrected chi connectivity index (χ1v) is 7.84. The molecule has 2 amide bonds. The van der Waals surface area contributed by atoms with Gasteiger partial charge in [-0.15, -0.1) is 11.3 Å². The molecule has 114 valence electrons. The molecule has 2 aromatic rings. The smallest absolute Gasteiger partial charge is 0.261 e. The van der Waals surface area contributed by atoms with Crippen LogP contribution in [0, 0.1) is 0 Å². The Bertz CT molecular complexity index is 667. The summed E-state index contributed by atoms with van der Waals surface area (Å²) in [6.07, 6.45) is 0.323. The van der Waals surface area contributed by atoms with Crippen molar-refractivity contribution in [2.24, 2.45) is 0 Å². The van der Waals surface area contributed by atoms with Gasteiger partial charge in [0.1, 0.15) is 5.75 Å². The summed E-state index contributed by atoms with van der Waals surface area (Å²) in [6, 6.07) is 10.8. The Kier molecular flexibility index (Phi) is 4.11. The number of rotatable bonds is 4. The van der Waals surface area contributed by atoms with E-state index in [4.69, 9.17) is 4.74 Å². The largest absolute Gasteiger partial charge is 0.497 e. The van der Waals surface area contributed by atoms with Crippen molar-refractivity contribution in [3.05, 3.63) is 46.7 Å². The SMILES string of the molecule is COc1ccc(N2C[C@H](NC(=O)c3cccs3)CC2=O)cc1. The highest BCUT2D eigenvalue weighted by Gasteiger charge is 2.31. The molecule has 1 aliphatic heterocycles. The topological polar surface area (TPSA) is 58.6 Å². The maximum absolute atomic E-state index is 12.2. The molecular weight excluding hydrogens is 300 g/mol. The minimum Gasteiger partial charge on any atom is -0.497 e. The predicted octanol–water partition coefficient (Wildman–Crippen LogP) is 2.29. The lowest BCUT2D eigenvalue weighted by Gasteiger charge is -2.17. The van der Waals surface area contributed by atoms with Crippen molar-refractivity contribution in [1.82, 2.24) is 5.32 Å². The molecule has 3 rings (SSSR count). The van der Waals surface area contributed by atoms with Crippen molar-refractivity contribution < 1.29 is 14.3 Å². The fraction of sp³-hybridized carbons (Fsp3) is 0.250. The van der Waals surface area contributed by atoms with Crippen LogP contribution < -0.4 is 15.0 Å². The highest BCUT2D eigenvalue weighted by molar-refractivity contribution is 7.12. The van der Waals surface area contributed by atoms with Crippen LogP contribution in [0.4, 0.5) is 5.69 Å². The van der Waals surface area contributed by atoms with Crippen LogP contribution in [0.3, 0.4) is 0 Å². The van der Waals surface area contributed by atoms with Crippen molar-refractivity contribution in [2.75, 3.05) is 18.6 Å². The van der Waals surface area contributed by atoms with Gasteiger partial charge in [-0.2, -0.15) is 0 Å². The Balaban J connectivity index is 1.66. The molecule has 0 spiro atoms. The summed E-state index contributed by atoms with van der Waals surface area (Å²) in [5.41, 5.74) is 0.818. The minimum absolute atomic E-state index is 0.0154. The third kappa shape index (κ3) is 2.96. The van der Waals surface area contributed by atoms with E-state index in [1.807, 2.05) is 35.7 Å². The third-order valence-electron chi connectivity index (χ3n) is 3.59. The number of ether oxygens (including phenoxy) is 1. The second-order valence-electron chi connectivity index (χ2n) is 5.05. The molecule has 1 aromatic carbocycles. The van der Waals surface area contributed by atoms with E-state index in [1.165, 1.54) is 11.3 Å². The van der Waals surface area contributed by atoms with Gasteiger partial charge in [0.05, 0.1) is 18.0 Å². The van der Waals surface area contributed by atoms with Crippen molar-refractivity contribution in [2.45, 2.75) is 12.5 Å². The lowest BCUT2D eigenvalue weighted by Crippen LogP contribution is -2.36. The Morgan fingerprint density at radius 2 is 2.09 bits per heavy atom. The molecule has 22 heavy (non-hydrogen) atoms. The van der Waals surface area contributed by atoms with Crippen LogP contribution in [0.1, 0.15) is 16.1 Å².